The molecule has 0 bridgehead atoms. The maximum absolute atomic E-state index is 12.2. The van der Waals surface area contributed by atoms with Gasteiger partial charge in [-0.15, -0.1) is 11.3 Å². The second-order valence-electron chi connectivity index (χ2n) is 5.37. The molecule has 2 heterocycles. The van der Waals surface area contributed by atoms with Gasteiger partial charge in [0.25, 0.3) is 5.69 Å². The molecule has 2 aromatic heterocycles. The molecule has 0 aliphatic heterocycles. The van der Waals surface area contributed by atoms with Crippen molar-refractivity contribution < 1.29 is 14.2 Å². The largest absolute Gasteiger partial charge is 0.337 e. The standard InChI is InChI=1S/C17H14N4O4S/c1-20(11-15-18-17(19-25-15)14-3-2-10-26-14)16(22)9-6-12-4-7-13(8-5-12)21(23)24/h2-10H,11H2,1H3/b9-6+. The number of non-ortho nitro benzene ring substituents is 1. The molecule has 0 unspecified atom stereocenters. The number of benzene rings is 1. The van der Waals surface area contributed by atoms with Gasteiger partial charge in [-0.25, -0.2) is 0 Å². The van der Waals surface area contributed by atoms with Gasteiger partial charge in [-0.05, 0) is 35.2 Å². The molecule has 132 valence electrons. The van der Waals surface area contributed by atoms with Crippen molar-refractivity contribution in [1.82, 2.24) is 15.0 Å². The molecule has 0 aliphatic rings. The number of hydrogen-bond donors (Lipinski definition) is 0. The van der Waals surface area contributed by atoms with Crippen molar-refractivity contribution in [2.24, 2.45) is 0 Å². The summed E-state index contributed by atoms with van der Waals surface area (Å²) < 4.78 is 5.17. The summed E-state index contributed by atoms with van der Waals surface area (Å²) in [5.74, 6) is 0.587. The van der Waals surface area contributed by atoms with Gasteiger partial charge in [0.1, 0.15) is 0 Å². The highest BCUT2D eigenvalue weighted by Gasteiger charge is 2.13. The number of thiophene rings is 1. The molecule has 26 heavy (non-hydrogen) atoms. The lowest BCUT2D eigenvalue weighted by Crippen LogP contribution is -2.24. The Bertz CT molecular complexity index is 932. The zero-order valence-corrected chi connectivity index (χ0v) is 14.5. The van der Waals surface area contributed by atoms with Crippen molar-refractivity contribution >= 4 is 29.0 Å². The van der Waals surface area contributed by atoms with E-state index in [0.29, 0.717) is 17.3 Å². The fraction of sp³-hybridized carbons (Fsp3) is 0.118. The average molecular weight is 370 g/mol. The molecule has 0 radical (unpaired) electrons. The lowest BCUT2D eigenvalue weighted by molar-refractivity contribution is -0.384. The number of nitrogens with zero attached hydrogens (tertiary/aromatic N) is 4. The number of nitro groups is 1. The van der Waals surface area contributed by atoms with Gasteiger partial charge in [-0.3, -0.25) is 14.9 Å². The molecular formula is C17H14N4O4S. The summed E-state index contributed by atoms with van der Waals surface area (Å²) in [6.07, 6.45) is 2.98. The van der Waals surface area contributed by atoms with E-state index < -0.39 is 4.92 Å². The predicted octanol–water partition coefficient (Wildman–Crippen LogP) is 3.38. The number of aromatic nitrogens is 2. The van der Waals surface area contributed by atoms with Gasteiger partial charge < -0.3 is 9.42 Å². The van der Waals surface area contributed by atoms with E-state index in [0.717, 1.165) is 4.88 Å². The lowest BCUT2D eigenvalue weighted by Gasteiger charge is -2.11. The maximum atomic E-state index is 12.2. The molecule has 0 aliphatic carbocycles. The van der Waals surface area contributed by atoms with Crippen LogP contribution in [0.25, 0.3) is 16.8 Å². The van der Waals surface area contributed by atoms with Crippen LogP contribution in [0.15, 0.2) is 52.4 Å². The number of rotatable bonds is 6. The zero-order valence-electron chi connectivity index (χ0n) is 13.7. The van der Waals surface area contributed by atoms with Gasteiger partial charge in [-0.1, -0.05) is 11.2 Å². The van der Waals surface area contributed by atoms with Crippen molar-refractivity contribution in [2.45, 2.75) is 6.54 Å². The van der Waals surface area contributed by atoms with Crippen molar-refractivity contribution in [1.29, 1.82) is 0 Å². The molecule has 0 saturated carbocycles. The Morgan fingerprint density at radius 2 is 2.12 bits per heavy atom. The molecule has 0 fully saturated rings. The third-order valence-corrected chi connectivity index (χ3v) is 4.35. The smallest absolute Gasteiger partial charge is 0.269 e. The van der Waals surface area contributed by atoms with Crippen LogP contribution >= 0.6 is 11.3 Å². The first-order valence-electron chi connectivity index (χ1n) is 7.57. The zero-order chi connectivity index (χ0) is 18.5. The van der Waals surface area contributed by atoms with Crippen LogP contribution in [0.2, 0.25) is 0 Å². The highest BCUT2D eigenvalue weighted by molar-refractivity contribution is 7.13. The molecule has 3 aromatic rings. The van der Waals surface area contributed by atoms with Gasteiger partial charge in [0, 0.05) is 25.3 Å². The average Bonchev–Trinajstić information content (AvgIpc) is 3.31. The SMILES string of the molecule is CN(Cc1nc(-c2cccs2)no1)C(=O)/C=C/c1ccc([N+](=O)[O-])cc1. The van der Waals surface area contributed by atoms with Crippen LogP contribution < -0.4 is 0 Å². The third-order valence-electron chi connectivity index (χ3n) is 3.48. The quantitative estimate of drug-likeness (QED) is 0.374. The molecule has 3 rings (SSSR count). The van der Waals surface area contributed by atoms with Gasteiger partial charge in [0.15, 0.2) is 0 Å². The van der Waals surface area contributed by atoms with Crippen LogP contribution in [-0.2, 0) is 11.3 Å². The summed E-state index contributed by atoms with van der Waals surface area (Å²) in [4.78, 5) is 28.9. The van der Waals surface area contributed by atoms with E-state index >= 15 is 0 Å². The topological polar surface area (TPSA) is 102 Å². The number of amides is 1. The van der Waals surface area contributed by atoms with E-state index in [1.165, 1.54) is 34.4 Å². The molecule has 9 heteroatoms. The summed E-state index contributed by atoms with van der Waals surface area (Å²) in [5, 5.41) is 16.4. The van der Waals surface area contributed by atoms with Gasteiger partial charge in [-0.2, -0.15) is 4.98 Å². The number of carbonyl (C=O) groups excluding carboxylic acids is 1. The van der Waals surface area contributed by atoms with E-state index in [2.05, 4.69) is 10.1 Å². The Kier molecular flexibility index (Phi) is 5.18. The fourth-order valence-electron chi connectivity index (χ4n) is 2.11. The first kappa shape index (κ1) is 17.5. The fourth-order valence-corrected chi connectivity index (χ4v) is 2.76. The second-order valence-corrected chi connectivity index (χ2v) is 6.31. The molecule has 0 spiro atoms. The Hall–Kier alpha value is -3.33. The third kappa shape index (κ3) is 4.19. The van der Waals surface area contributed by atoms with E-state index in [4.69, 9.17) is 4.52 Å². The van der Waals surface area contributed by atoms with E-state index in [-0.39, 0.29) is 18.1 Å². The Morgan fingerprint density at radius 3 is 2.77 bits per heavy atom. The number of hydrogen-bond acceptors (Lipinski definition) is 7. The van der Waals surface area contributed by atoms with Gasteiger partial charge in [0.2, 0.25) is 17.6 Å². The molecular weight excluding hydrogens is 356 g/mol. The number of likely N-dealkylation sites (N-methyl/N-ethyl adjacent to an activating group) is 1. The summed E-state index contributed by atoms with van der Waals surface area (Å²) in [7, 11) is 1.62. The molecule has 0 saturated heterocycles. The summed E-state index contributed by atoms with van der Waals surface area (Å²) in [5.41, 5.74) is 0.693. The van der Waals surface area contributed by atoms with E-state index in [9.17, 15) is 14.9 Å². The van der Waals surface area contributed by atoms with E-state index in [1.807, 2.05) is 17.5 Å². The normalized spacial score (nSPS) is 11.0. The second kappa shape index (κ2) is 7.70. The monoisotopic (exact) mass is 370 g/mol. The van der Waals surface area contributed by atoms with Crippen LogP contribution in [0.3, 0.4) is 0 Å². The van der Waals surface area contributed by atoms with Gasteiger partial charge in [0.05, 0.1) is 16.3 Å². The van der Waals surface area contributed by atoms with Crippen molar-refractivity contribution in [3.05, 3.63) is 69.4 Å². The van der Waals surface area contributed by atoms with Crippen molar-refractivity contribution in [3.8, 4) is 10.7 Å². The predicted molar refractivity (Wildman–Crippen MR) is 96.2 cm³/mol. The Labute approximate surface area is 152 Å². The minimum Gasteiger partial charge on any atom is -0.337 e. The molecule has 1 amide bonds. The molecule has 1 aromatic carbocycles. The maximum Gasteiger partial charge on any atom is 0.269 e. The first-order chi connectivity index (χ1) is 12.5. The van der Waals surface area contributed by atoms with Crippen LogP contribution in [0.1, 0.15) is 11.5 Å². The summed E-state index contributed by atoms with van der Waals surface area (Å²) in [6, 6.07) is 9.72. The minimum absolute atomic E-state index is 0.00327. The van der Waals surface area contributed by atoms with Crippen molar-refractivity contribution in [2.75, 3.05) is 7.05 Å². The lowest BCUT2D eigenvalue weighted by atomic mass is 10.2. The van der Waals surface area contributed by atoms with Crippen molar-refractivity contribution in [3.63, 3.8) is 0 Å². The first-order valence-corrected chi connectivity index (χ1v) is 8.45. The molecule has 8 nitrogen and oxygen atoms in total. The van der Waals surface area contributed by atoms with Gasteiger partial charge >= 0.3 is 0 Å². The molecule has 0 atom stereocenters. The Balaban J connectivity index is 1.60. The highest BCUT2D eigenvalue weighted by atomic mass is 32.1. The molecule has 0 N–H and O–H groups in total. The highest BCUT2D eigenvalue weighted by Crippen LogP contribution is 2.21. The Morgan fingerprint density at radius 1 is 1.35 bits per heavy atom. The van der Waals surface area contributed by atoms with Crippen LogP contribution in [0.5, 0.6) is 0 Å². The van der Waals surface area contributed by atoms with E-state index in [1.54, 1.807) is 25.3 Å². The summed E-state index contributed by atoms with van der Waals surface area (Å²) in [6.45, 7) is 0.182. The minimum atomic E-state index is -0.471. The summed E-state index contributed by atoms with van der Waals surface area (Å²) >= 11 is 1.50. The van der Waals surface area contributed by atoms with Crippen LogP contribution in [0.4, 0.5) is 5.69 Å². The van der Waals surface area contributed by atoms with Crippen LogP contribution in [0, 0.1) is 10.1 Å². The number of carbonyl (C=O) groups is 1. The number of nitro benzene ring substituents is 1. The van der Waals surface area contributed by atoms with Crippen LogP contribution in [-0.4, -0.2) is 32.9 Å².